The maximum atomic E-state index is 12.0. The lowest BCUT2D eigenvalue weighted by Gasteiger charge is -2.41. The van der Waals surface area contributed by atoms with Crippen molar-refractivity contribution in [2.75, 3.05) is 11.4 Å². The zero-order valence-electron chi connectivity index (χ0n) is 14.5. The van der Waals surface area contributed by atoms with Crippen LogP contribution in [0.1, 0.15) is 54.2 Å². The van der Waals surface area contributed by atoms with Crippen molar-refractivity contribution in [3.8, 4) is 0 Å². The van der Waals surface area contributed by atoms with E-state index >= 15 is 0 Å². The first-order valence-corrected chi connectivity index (χ1v) is 8.33. The molecule has 2 nitrogen and oxygen atoms in total. The second-order valence-corrected chi connectivity index (χ2v) is 7.28. The minimum absolute atomic E-state index is 0.147. The van der Waals surface area contributed by atoms with E-state index in [1.165, 1.54) is 16.8 Å². The van der Waals surface area contributed by atoms with Gasteiger partial charge in [0.05, 0.1) is 0 Å². The summed E-state index contributed by atoms with van der Waals surface area (Å²) in [6.07, 6.45) is 1.13. The molecule has 0 unspecified atom stereocenters. The zero-order chi connectivity index (χ0) is 16.6. The van der Waals surface area contributed by atoms with Gasteiger partial charge in [-0.2, -0.15) is 0 Å². The van der Waals surface area contributed by atoms with E-state index in [-0.39, 0.29) is 11.2 Å². The fourth-order valence-electron chi connectivity index (χ4n) is 3.52. The molecular weight excluding hydrogens is 282 g/mol. The van der Waals surface area contributed by atoms with Crippen LogP contribution >= 0.6 is 0 Å². The summed E-state index contributed by atoms with van der Waals surface area (Å²) in [5, 5.41) is 0. The van der Waals surface area contributed by atoms with Gasteiger partial charge in [0, 0.05) is 24.3 Å². The SMILES string of the molecule is CC(=O)c1cc2c(cc1C)C(C)(C)CCN2Cc1ccccc1. The van der Waals surface area contributed by atoms with Crippen molar-refractivity contribution in [2.24, 2.45) is 0 Å². The number of anilines is 1. The Balaban J connectivity index is 2.06. The van der Waals surface area contributed by atoms with Gasteiger partial charge in [0.1, 0.15) is 0 Å². The molecule has 2 aromatic carbocycles. The van der Waals surface area contributed by atoms with Crippen LogP contribution in [-0.4, -0.2) is 12.3 Å². The molecule has 1 heterocycles. The van der Waals surface area contributed by atoms with Crippen molar-refractivity contribution >= 4 is 11.5 Å². The van der Waals surface area contributed by atoms with Crippen LogP contribution in [0.25, 0.3) is 0 Å². The van der Waals surface area contributed by atoms with Gasteiger partial charge >= 0.3 is 0 Å². The van der Waals surface area contributed by atoms with Gasteiger partial charge in [-0.05, 0) is 48.4 Å². The standard InChI is InChI=1S/C21H25NO/c1-15-12-19-20(13-18(15)16(2)23)22(11-10-21(19,3)4)14-17-8-6-5-7-9-17/h5-9,12-13H,10-11,14H2,1-4H3. The van der Waals surface area contributed by atoms with Gasteiger partial charge in [-0.1, -0.05) is 50.2 Å². The first-order chi connectivity index (χ1) is 10.9. The van der Waals surface area contributed by atoms with E-state index in [1.807, 2.05) is 13.0 Å². The topological polar surface area (TPSA) is 20.3 Å². The van der Waals surface area contributed by atoms with Crippen LogP contribution < -0.4 is 4.90 Å². The van der Waals surface area contributed by atoms with E-state index in [0.717, 1.165) is 30.6 Å². The van der Waals surface area contributed by atoms with Gasteiger partial charge in [-0.3, -0.25) is 4.79 Å². The van der Waals surface area contributed by atoms with Crippen LogP contribution in [0.3, 0.4) is 0 Å². The Kier molecular flexibility index (Phi) is 4.01. The summed E-state index contributed by atoms with van der Waals surface area (Å²) >= 11 is 0. The zero-order valence-corrected chi connectivity index (χ0v) is 14.5. The van der Waals surface area contributed by atoms with Crippen LogP contribution in [0.5, 0.6) is 0 Å². The molecule has 0 atom stereocenters. The minimum atomic E-state index is 0.147. The number of carbonyl (C=O) groups excluding carboxylic acids is 1. The summed E-state index contributed by atoms with van der Waals surface area (Å²) in [4.78, 5) is 14.4. The largest absolute Gasteiger partial charge is 0.367 e. The molecule has 0 fully saturated rings. The lowest BCUT2D eigenvalue weighted by Crippen LogP contribution is -2.37. The first kappa shape index (κ1) is 15.8. The first-order valence-electron chi connectivity index (χ1n) is 8.33. The summed E-state index contributed by atoms with van der Waals surface area (Å²) < 4.78 is 0. The number of ketones is 1. The number of hydrogen-bond acceptors (Lipinski definition) is 2. The van der Waals surface area contributed by atoms with Crippen molar-refractivity contribution in [1.82, 2.24) is 0 Å². The van der Waals surface area contributed by atoms with Crippen LogP contribution in [-0.2, 0) is 12.0 Å². The molecule has 0 spiro atoms. The summed E-state index contributed by atoms with van der Waals surface area (Å²) in [7, 11) is 0. The summed E-state index contributed by atoms with van der Waals surface area (Å²) in [5.74, 6) is 0.147. The van der Waals surface area contributed by atoms with Crippen molar-refractivity contribution in [3.63, 3.8) is 0 Å². The molecular formula is C21H25NO. The van der Waals surface area contributed by atoms with Crippen LogP contribution in [0.2, 0.25) is 0 Å². The summed E-state index contributed by atoms with van der Waals surface area (Å²) in [5.41, 5.74) is 5.99. The van der Waals surface area contributed by atoms with Crippen molar-refractivity contribution < 1.29 is 4.79 Å². The van der Waals surface area contributed by atoms with Crippen molar-refractivity contribution in [2.45, 2.75) is 46.1 Å². The number of aryl methyl sites for hydroxylation is 1. The van der Waals surface area contributed by atoms with E-state index in [1.54, 1.807) is 6.92 Å². The normalized spacial score (nSPS) is 16.1. The Morgan fingerprint density at radius 3 is 2.52 bits per heavy atom. The summed E-state index contributed by atoms with van der Waals surface area (Å²) in [6, 6.07) is 14.9. The Hall–Kier alpha value is -2.09. The number of fused-ring (bicyclic) bond motifs is 1. The van der Waals surface area contributed by atoms with E-state index in [0.29, 0.717) is 0 Å². The smallest absolute Gasteiger partial charge is 0.160 e. The van der Waals surface area contributed by atoms with E-state index in [9.17, 15) is 4.79 Å². The van der Waals surface area contributed by atoms with Gasteiger partial charge in [0.2, 0.25) is 0 Å². The highest BCUT2D eigenvalue weighted by atomic mass is 16.1. The monoisotopic (exact) mass is 307 g/mol. The Labute approximate surface area is 139 Å². The molecule has 0 aliphatic carbocycles. The number of carbonyl (C=O) groups is 1. The molecule has 0 N–H and O–H groups in total. The molecule has 0 bridgehead atoms. The molecule has 2 aromatic rings. The Bertz CT molecular complexity index is 731. The molecule has 1 aliphatic rings. The van der Waals surface area contributed by atoms with Gasteiger partial charge < -0.3 is 4.90 Å². The molecule has 23 heavy (non-hydrogen) atoms. The van der Waals surface area contributed by atoms with E-state index < -0.39 is 0 Å². The van der Waals surface area contributed by atoms with Crippen molar-refractivity contribution in [3.05, 3.63) is 64.7 Å². The van der Waals surface area contributed by atoms with Crippen LogP contribution in [0.4, 0.5) is 5.69 Å². The highest BCUT2D eigenvalue weighted by Gasteiger charge is 2.32. The van der Waals surface area contributed by atoms with E-state index in [4.69, 9.17) is 0 Å². The number of nitrogens with zero attached hydrogens (tertiary/aromatic N) is 1. The lowest BCUT2D eigenvalue weighted by molar-refractivity contribution is 0.101. The average molecular weight is 307 g/mol. The van der Waals surface area contributed by atoms with Gasteiger partial charge in [-0.25, -0.2) is 0 Å². The average Bonchev–Trinajstić information content (AvgIpc) is 2.51. The quantitative estimate of drug-likeness (QED) is 0.753. The third-order valence-electron chi connectivity index (χ3n) is 5.01. The molecule has 120 valence electrons. The maximum absolute atomic E-state index is 12.0. The predicted octanol–water partition coefficient (Wildman–Crippen LogP) is 4.89. The number of benzene rings is 2. The number of rotatable bonds is 3. The van der Waals surface area contributed by atoms with Gasteiger partial charge in [0.15, 0.2) is 5.78 Å². The summed E-state index contributed by atoms with van der Waals surface area (Å²) in [6.45, 7) is 10.2. The third kappa shape index (κ3) is 3.03. The maximum Gasteiger partial charge on any atom is 0.160 e. The van der Waals surface area contributed by atoms with E-state index in [2.05, 4.69) is 55.1 Å². The molecule has 0 amide bonds. The van der Waals surface area contributed by atoms with Gasteiger partial charge in [-0.15, -0.1) is 0 Å². The Morgan fingerprint density at radius 2 is 1.87 bits per heavy atom. The molecule has 1 aliphatic heterocycles. The second-order valence-electron chi connectivity index (χ2n) is 7.28. The van der Waals surface area contributed by atoms with Crippen molar-refractivity contribution in [1.29, 1.82) is 0 Å². The Morgan fingerprint density at radius 1 is 1.17 bits per heavy atom. The number of hydrogen-bond donors (Lipinski definition) is 0. The lowest BCUT2D eigenvalue weighted by atomic mass is 9.76. The minimum Gasteiger partial charge on any atom is -0.367 e. The van der Waals surface area contributed by atoms with Crippen LogP contribution in [0.15, 0.2) is 42.5 Å². The highest BCUT2D eigenvalue weighted by molar-refractivity contribution is 5.97. The fourth-order valence-corrected chi connectivity index (χ4v) is 3.52. The van der Waals surface area contributed by atoms with Gasteiger partial charge in [0.25, 0.3) is 0 Å². The highest BCUT2D eigenvalue weighted by Crippen LogP contribution is 2.41. The second kappa shape index (κ2) is 5.84. The molecule has 0 saturated heterocycles. The molecule has 0 saturated carbocycles. The molecule has 0 radical (unpaired) electrons. The van der Waals surface area contributed by atoms with Crippen LogP contribution in [0, 0.1) is 6.92 Å². The molecule has 3 rings (SSSR count). The fraction of sp³-hybridized carbons (Fsp3) is 0.381. The molecule has 2 heteroatoms. The predicted molar refractivity (Wildman–Crippen MR) is 96.3 cm³/mol. The molecule has 0 aromatic heterocycles. The number of Topliss-reactive ketones (excluding diaryl/α,β-unsaturated/α-hetero) is 1. The third-order valence-corrected chi connectivity index (χ3v) is 5.01.